The number of sulfonamides is 1. The molecule has 2 atom stereocenters. The number of aliphatic hydroxyl groups is 1. The molecule has 0 spiro atoms. The van der Waals surface area contributed by atoms with E-state index in [1.807, 2.05) is 6.92 Å². The van der Waals surface area contributed by atoms with Gasteiger partial charge in [0.05, 0.1) is 6.61 Å². The van der Waals surface area contributed by atoms with E-state index >= 15 is 0 Å². The summed E-state index contributed by atoms with van der Waals surface area (Å²) in [4.78, 5) is 0.722. The predicted molar refractivity (Wildman–Crippen MR) is 81.3 cm³/mol. The molecular formula is C14H23NO3S2. The Kier molecular flexibility index (Phi) is 5.23. The zero-order valence-electron chi connectivity index (χ0n) is 12.1. The van der Waals surface area contributed by atoms with Crippen molar-refractivity contribution in [1.29, 1.82) is 0 Å². The lowest BCUT2D eigenvalue weighted by molar-refractivity contribution is 0.285. The van der Waals surface area contributed by atoms with Crippen LogP contribution in [0.5, 0.6) is 0 Å². The van der Waals surface area contributed by atoms with E-state index in [9.17, 15) is 13.5 Å². The Balaban J connectivity index is 2.10. The summed E-state index contributed by atoms with van der Waals surface area (Å²) in [6.45, 7) is 3.95. The van der Waals surface area contributed by atoms with Crippen molar-refractivity contribution in [2.24, 2.45) is 5.92 Å². The Morgan fingerprint density at radius 2 is 2.10 bits per heavy atom. The molecule has 2 unspecified atom stereocenters. The van der Waals surface area contributed by atoms with Gasteiger partial charge in [-0.1, -0.05) is 19.8 Å². The first-order valence-corrected chi connectivity index (χ1v) is 9.45. The Bertz CT molecular complexity index is 551. The minimum Gasteiger partial charge on any atom is -0.391 e. The molecule has 2 N–H and O–H groups in total. The number of thiophene rings is 1. The van der Waals surface area contributed by atoms with Gasteiger partial charge in [0, 0.05) is 10.9 Å². The summed E-state index contributed by atoms with van der Waals surface area (Å²) in [6.07, 6.45) is 5.18. The highest BCUT2D eigenvalue weighted by molar-refractivity contribution is 7.91. The first-order valence-electron chi connectivity index (χ1n) is 7.15. The summed E-state index contributed by atoms with van der Waals surface area (Å²) in [7, 11) is -3.45. The monoisotopic (exact) mass is 317 g/mol. The molecule has 2 rings (SSSR count). The maximum atomic E-state index is 12.4. The summed E-state index contributed by atoms with van der Waals surface area (Å²) in [5.74, 6) is 0.689. The second-order valence-electron chi connectivity index (χ2n) is 5.76. The summed E-state index contributed by atoms with van der Waals surface area (Å²) in [5.41, 5.74) is 0.840. The second kappa shape index (κ2) is 6.56. The molecule has 114 valence electrons. The third-order valence-electron chi connectivity index (χ3n) is 3.99. The van der Waals surface area contributed by atoms with Crippen molar-refractivity contribution in [2.75, 3.05) is 0 Å². The molecular weight excluding hydrogens is 294 g/mol. The van der Waals surface area contributed by atoms with Crippen LogP contribution in [0.15, 0.2) is 10.3 Å². The largest absolute Gasteiger partial charge is 0.391 e. The normalized spacial score (nSPS) is 24.6. The summed E-state index contributed by atoms with van der Waals surface area (Å²) in [5, 5.41) is 9.18. The van der Waals surface area contributed by atoms with E-state index in [1.165, 1.54) is 6.42 Å². The van der Waals surface area contributed by atoms with Crippen molar-refractivity contribution in [3.63, 3.8) is 0 Å². The molecule has 0 radical (unpaired) electrons. The van der Waals surface area contributed by atoms with Crippen LogP contribution in [0, 0.1) is 12.8 Å². The van der Waals surface area contributed by atoms with Crippen LogP contribution in [0.1, 0.15) is 49.5 Å². The molecule has 0 amide bonds. The Hall–Kier alpha value is -0.430. The van der Waals surface area contributed by atoms with Crippen LogP contribution in [-0.2, 0) is 16.6 Å². The van der Waals surface area contributed by atoms with Gasteiger partial charge in [-0.15, -0.1) is 11.3 Å². The van der Waals surface area contributed by atoms with Crippen LogP contribution in [0.3, 0.4) is 0 Å². The van der Waals surface area contributed by atoms with Gasteiger partial charge < -0.3 is 5.11 Å². The maximum Gasteiger partial charge on any atom is 0.250 e. The Morgan fingerprint density at radius 3 is 2.75 bits per heavy atom. The van der Waals surface area contributed by atoms with E-state index in [0.29, 0.717) is 10.1 Å². The van der Waals surface area contributed by atoms with Gasteiger partial charge in [0.25, 0.3) is 0 Å². The fraction of sp³-hybridized carbons (Fsp3) is 0.714. The number of nitrogens with one attached hydrogen (secondary N) is 1. The minimum atomic E-state index is -3.45. The van der Waals surface area contributed by atoms with E-state index < -0.39 is 10.0 Å². The van der Waals surface area contributed by atoms with Gasteiger partial charge in [0.15, 0.2) is 0 Å². The van der Waals surface area contributed by atoms with Gasteiger partial charge in [0.2, 0.25) is 10.0 Å². The van der Waals surface area contributed by atoms with Crippen LogP contribution in [0.25, 0.3) is 0 Å². The summed E-state index contributed by atoms with van der Waals surface area (Å²) in [6, 6.07) is 1.70. The fourth-order valence-corrected chi connectivity index (χ4v) is 5.43. The van der Waals surface area contributed by atoms with E-state index in [-0.39, 0.29) is 12.6 Å². The number of hydrogen-bond donors (Lipinski definition) is 2. The minimum absolute atomic E-state index is 0.0462. The van der Waals surface area contributed by atoms with E-state index in [0.717, 1.165) is 47.5 Å². The lowest BCUT2D eigenvalue weighted by Gasteiger charge is -2.15. The molecule has 4 nitrogen and oxygen atoms in total. The third-order valence-corrected chi connectivity index (χ3v) is 7.20. The van der Waals surface area contributed by atoms with Gasteiger partial charge >= 0.3 is 0 Å². The van der Waals surface area contributed by atoms with Gasteiger partial charge in [0.1, 0.15) is 4.21 Å². The highest BCUT2D eigenvalue weighted by Gasteiger charge is 2.24. The maximum absolute atomic E-state index is 12.4. The molecule has 1 aliphatic carbocycles. The zero-order chi connectivity index (χ0) is 14.8. The number of aliphatic hydroxyl groups excluding tert-OH is 1. The SMILES string of the molecule is Cc1cc(S(=O)(=O)NC2CCCC(C)CC2)sc1CO. The van der Waals surface area contributed by atoms with Gasteiger partial charge in [-0.25, -0.2) is 13.1 Å². The van der Waals surface area contributed by atoms with Crippen LogP contribution in [0.4, 0.5) is 0 Å². The van der Waals surface area contributed by atoms with Crippen LogP contribution in [-0.4, -0.2) is 19.6 Å². The van der Waals surface area contributed by atoms with Gasteiger partial charge in [-0.3, -0.25) is 0 Å². The topological polar surface area (TPSA) is 66.4 Å². The van der Waals surface area contributed by atoms with E-state index in [2.05, 4.69) is 11.6 Å². The van der Waals surface area contributed by atoms with Crippen molar-refractivity contribution in [3.8, 4) is 0 Å². The molecule has 1 aliphatic rings. The van der Waals surface area contributed by atoms with E-state index in [4.69, 9.17) is 0 Å². The first kappa shape index (κ1) is 15.9. The van der Waals surface area contributed by atoms with Crippen LogP contribution in [0.2, 0.25) is 0 Å². The summed E-state index contributed by atoms with van der Waals surface area (Å²) >= 11 is 1.16. The van der Waals surface area contributed by atoms with Gasteiger partial charge in [-0.2, -0.15) is 0 Å². The van der Waals surface area contributed by atoms with Crippen LogP contribution >= 0.6 is 11.3 Å². The third kappa shape index (κ3) is 3.81. The lowest BCUT2D eigenvalue weighted by Crippen LogP contribution is -2.34. The van der Waals surface area contributed by atoms with Crippen molar-refractivity contribution in [3.05, 3.63) is 16.5 Å². The number of hydrogen-bond acceptors (Lipinski definition) is 4. The molecule has 0 aromatic carbocycles. The summed E-state index contributed by atoms with van der Waals surface area (Å²) < 4.78 is 27.9. The van der Waals surface area contributed by atoms with Gasteiger partial charge in [-0.05, 0) is 43.7 Å². The predicted octanol–water partition coefficient (Wildman–Crippen LogP) is 2.80. The Morgan fingerprint density at radius 1 is 1.35 bits per heavy atom. The average Bonchev–Trinajstić information content (AvgIpc) is 2.66. The molecule has 0 bridgehead atoms. The van der Waals surface area contributed by atoms with Crippen LogP contribution < -0.4 is 4.72 Å². The van der Waals surface area contributed by atoms with Crippen molar-refractivity contribution >= 4 is 21.4 Å². The smallest absolute Gasteiger partial charge is 0.250 e. The zero-order valence-corrected chi connectivity index (χ0v) is 13.7. The Labute approximate surface area is 125 Å². The highest BCUT2D eigenvalue weighted by Crippen LogP contribution is 2.28. The molecule has 1 aromatic rings. The highest BCUT2D eigenvalue weighted by atomic mass is 32.2. The second-order valence-corrected chi connectivity index (χ2v) is 8.84. The van der Waals surface area contributed by atoms with E-state index in [1.54, 1.807) is 6.07 Å². The first-order chi connectivity index (χ1) is 9.42. The average molecular weight is 317 g/mol. The molecule has 1 fully saturated rings. The molecule has 0 saturated heterocycles. The van der Waals surface area contributed by atoms with Crippen molar-refractivity contribution in [1.82, 2.24) is 4.72 Å². The number of aryl methyl sites for hydroxylation is 1. The molecule has 6 heteroatoms. The molecule has 1 heterocycles. The molecule has 20 heavy (non-hydrogen) atoms. The van der Waals surface area contributed by atoms with Crippen molar-refractivity contribution < 1.29 is 13.5 Å². The molecule has 0 aliphatic heterocycles. The molecule has 1 saturated carbocycles. The number of rotatable bonds is 4. The standard InChI is InChI=1S/C14H23NO3S2/c1-10-4-3-5-12(7-6-10)15-20(17,18)14-8-11(2)13(9-16)19-14/h8,10,12,15-16H,3-7,9H2,1-2H3. The molecule has 1 aromatic heterocycles. The lowest BCUT2D eigenvalue weighted by atomic mass is 10.0. The quantitative estimate of drug-likeness (QED) is 0.839. The van der Waals surface area contributed by atoms with Crippen molar-refractivity contribution in [2.45, 2.75) is 62.8 Å². The fourth-order valence-electron chi connectivity index (χ4n) is 2.66.